The Morgan fingerprint density at radius 1 is 1.22 bits per heavy atom. The predicted octanol–water partition coefficient (Wildman–Crippen LogP) is 5.76. The highest BCUT2D eigenvalue weighted by Gasteiger charge is 2.43. The smallest absolute Gasteiger partial charge is 0.384 e. The number of aliphatic hydroxyl groups is 1. The average Bonchev–Trinajstić information content (AvgIpc) is 2.78. The first-order valence-electron chi connectivity index (χ1n) is 12.9. The van der Waals surface area contributed by atoms with Crippen molar-refractivity contribution in [1.82, 2.24) is 9.80 Å². The molecule has 1 saturated heterocycles. The lowest BCUT2D eigenvalue weighted by Crippen LogP contribution is -2.58. The third-order valence-corrected chi connectivity index (χ3v) is 7.61. The molecule has 1 heterocycles. The van der Waals surface area contributed by atoms with Crippen LogP contribution in [-0.2, 0) is 5.60 Å². The predicted molar refractivity (Wildman–Crippen MR) is 143 cm³/mol. The number of halogens is 3. The quantitative estimate of drug-likeness (QED) is 0.343. The zero-order valence-corrected chi connectivity index (χ0v) is 23.1. The van der Waals surface area contributed by atoms with E-state index in [4.69, 9.17) is 0 Å². The monoisotopic (exact) mass is 510 g/mol. The van der Waals surface area contributed by atoms with Gasteiger partial charge in [-0.15, -0.1) is 0 Å². The van der Waals surface area contributed by atoms with Gasteiger partial charge in [-0.1, -0.05) is 39.5 Å². The first kappa shape index (κ1) is 30.0. The van der Waals surface area contributed by atoms with Gasteiger partial charge in [0.05, 0.1) is 18.3 Å². The molecule has 1 aliphatic rings. The van der Waals surface area contributed by atoms with Gasteiger partial charge in [0.15, 0.2) is 0 Å². The molecule has 1 aromatic carbocycles. The minimum Gasteiger partial charge on any atom is -0.384 e. The van der Waals surface area contributed by atoms with Crippen molar-refractivity contribution < 1.29 is 18.3 Å². The number of likely N-dealkylation sites (tertiary alicyclic amines) is 1. The van der Waals surface area contributed by atoms with E-state index in [2.05, 4.69) is 35.2 Å². The van der Waals surface area contributed by atoms with Gasteiger partial charge in [0, 0.05) is 57.6 Å². The number of hydrogen-bond donors (Lipinski definition) is 1. The minimum atomic E-state index is -4.22. The number of likely N-dealkylation sites (N-methyl/N-ethyl adjacent to an activating group) is 1. The number of hydrogen-bond acceptors (Lipinski definition) is 5. The number of aliphatic imine (C=N–C) groups is 1. The fourth-order valence-electron chi connectivity index (χ4n) is 5.18. The molecule has 36 heavy (non-hydrogen) atoms. The van der Waals surface area contributed by atoms with Crippen molar-refractivity contribution in [2.24, 2.45) is 22.2 Å². The molecule has 1 aliphatic heterocycles. The number of alkyl halides is 3. The summed E-state index contributed by atoms with van der Waals surface area (Å²) >= 11 is 0. The lowest BCUT2D eigenvalue weighted by molar-refractivity contribution is -0.166. The standard InChI is InChI=1S/C28H45F3N4O/c1-9-27(15-21(3)16-32-7)19-35(20-27)23(5)34(10-2)18-26(6,36)24-11-13-25(14-12-24)33(8)17-22(4)28(29,30)31/h11-14,16,21-22,36H,5,9-10,15,17-20H2,1-4,6-8H3/b32-16+. The third kappa shape index (κ3) is 7.40. The number of anilines is 1. The first-order valence-corrected chi connectivity index (χ1v) is 12.9. The molecule has 1 N–H and O–H groups in total. The molecule has 1 fully saturated rings. The van der Waals surface area contributed by atoms with Crippen LogP contribution in [0.25, 0.3) is 0 Å². The van der Waals surface area contributed by atoms with Crippen LogP contribution in [-0.4, -0.2) is 74.1 Å². The second kappa shape index (κ2) is 11.9. The molecule has 0 radical (unpaired) electrons. The molecule has 5 nitrogen and oxygen atoms in total. The molecular weight excluding hydrogens is 465 g/mol. The van der Waals surface area contributed by atoms with Crippen molar-refractivity contribution >= 4 is 11.9 Å². The highest BCUT2D eigenvalue weighted by molar-refractivity contribution is 5.60. The van der Waals surface area contributed by atoms with Crippen molar-refractivity contribution in [3.63, 3.8) is 0 Å². The van der Waals surface area contributed by atoms with E-state index in [0.29, 0.717) is 30.3 Å². The fourth-order valence-corrected chi connectivity index (χ4v) is 5.18. The van der Waals surface area contributed by atoms with E-state index in [0.717, 1.165) is 31.8 Å². The normalized spacial score (nSPS) is 18.9. The van der Waals surface area contributed by atoms with Crippen LogP contribution >= 0.6 is 0 Å². The van der Waals surface area contributed by atoms with E-state index < -0.39 is 17.7 Å². The van der Waals surface area contributed by atoms with Crippen LogP contribution in [0, 0.1) is 17.3 Å². The topological polar surface area (TPSA) is 42.3 Å². The van der Waals surface area contributed by atoms with Crippen LogP contribution in [0.1, 0.15) is 53.0 Å². The molecule has 3 atom stereocenters. The van der Waals surface area contributed by atoms with Gasteiger partial charge in [-0.2, -0.15) is 13.2 Å². The summed E-state index contributed by atoms with van der Waals surface area (Å²) < 4.78 is 38.8. The van der Waals surface area contributed by atoms with Gasteiger partial charge in [-0.25, -0.2) is 0 Å². The van der Waals surface area contributed by atoms with Gasteiger partial charge in [0.25, 0.3) is 0 Å². The Morgan fingerprint density at radius 2 is 1.81 bits per heavy atom. The van der Waals surface area contributed by atoms with Gasteiger partial charge < -0.3 is 24.8 Å². The molecule has 204 valence electrons. The van der Waals surface area contributed by atoms with Gasteiger partial charge >= 0.3 is 6.18 Å². The second-order valence-electron chi connectivity index (χ2n) is 10.9. The Labute approximate surface area is 215 Å². The van der Waals surface area contributed by atoms with Gasteiger partial charge in [-0.3, -0.25) is 0 Å². The molecule has 0 aromatic heterocycles. The largest absolute Gasteiger partial charge is 0.393 e. The van der Waals surface area contributed by atoms with E-state index >= 15 is 0 Å². The minimum absolute atomic E-state index is 0.123. The summed E-state index contributed by atoms with van der Waals surface area (Å²) in [5, 5.41) is 11.3. The Morgan fingerprint density at radius 3 is 2.28 bits per heavy atom. The molecule has 1 aromatic rings. The van der Waals surface area contributed by atoms with Gasteiger partial charge in [-0.05, 0) is 50.3 Å². The molecule has 2 rings (SSSR count). The van der Waals surface area contributed by atoms with E-state index in [-0.39, 0.29) is 12.0 Å². The van der Waals surface area contributed by atoms with Gasteiger partial charge in [0.1, 0.15) is 5.60 Å². The summed E-state index contributed by atoms with van der Waals surface area (Å²) in [5.74, 6) is -0.0754. The van der Waals surface area contributed by atoms with E-state index in [9.17, 15) is 18.3 Å². The average molecular weight is 511 g/mol. The zero-order chi connectivity index (χ0) is 27.3. The fraction of sp³-hybridized carbons (Fsp3) is 0.679. The van der Waals surface area contributed by atoms with Crippen LogP contribution < -0.4 is 4.90 Å². The summed E-state index contributed by atoms with van der Waals surface area (Å²) in [6, 6.07) is 7.12. The van der Waals surface area contributed by atoms with Crippen LogP contribution in [0.5, 0.6) is 0 Å². The Bertz CT molecular complexity index is 876. The molecule has 0 aliphatic carbocycles. The Hall–Kier alpha value is -2.22. The Kier molecular flexibility index (Phi) is 9.91. The maximum Gasteiger partial charge on any atom is 0.393 e. The molecule has 0 bridgehead atoms. The van der Waals surface area contributed by atoms with Crippen LogP contribution in [0.2, 0.25) is 0 Å². The van der Waals surface area contributed by atoms with Gasteiger partial charge in [0.2, 0.25) is 0 Å². The van der Waals surface area contributed by atoms with Crippen molar-refractivity contribution in [3.8, 4) is 0 Å². The maximum atomic E-state index is 12.9. The van der Waals surface area contributed by atoms with Crippen molar-refractivity contribution in [2.75, 3.05) is 51.7 Å². The number of benzene rings is 1. The molecule has 0 saturated carbocycles. The highest BCUT2D eigenvalue weighted by Crippen LogP contribution is 2.42. The lowest BCUT2D eigenvalue weighted by Gasteiger charge is -2.54. The third-order valence-electron chi connectivity index (χ3n) is 7.61. The van der Waals surface area contributed by atoms with Crippen molar-refractivity contribution in [3.05, 3.63) is 42.2 Å². The van der Waals surface area contributed by atoms with Crippen molar-refractivity contribution in [1.29, 1.82) is 0 Å². The molecular formula is C28H45F3N4O. The molecule has 0 amide bonds. The SMILES string of the molecule is C=C(N1CC(CC)(CC(C)/C=N/C)C1)N(CC)CC(C)(O)c1ccc(N(C)CC(C)C(F)(F)F)cc1. The Balaban J connectivity index is 2.02. The first-order chi connectivity index (χ1) is 16.7. The molecule has 0 spiro atoms. The molecule has 3 unspecified atom stereocenters. The lowest BCUT2D eigenvalue weighted by atomic mass is 9.71. The van der Waals surface area contributed by atoms with E-state index in [1.54, 1.807) is 43.1 Å². The van der Waals surface area contributed by atoms with Crippen LogP contribution in [0.3, 0.4) is 0 Å². The number of nitrogens with zero attached hydrogens (tertiary/aromatic N) is 4. The van der Waals surface area contributed by atoms with E-state index in [1.807, 2.05) is 20.2 Å². The van der Waals surface area contributed by atoms with Crippen molar-refractivity contribution in [2.45, 2.75) is 59.2 Å². The summed E-state index contributed by atoms with van der Waals surface area (Å²) in [7, 11) is 3.46. The highest BCUT2D eigenvalue weighted by atomic mass is 19.4. The summed E-state index contributed by atoms with van der Waals surface area (Å²) in [4.78, 5) is 10.2. The van der Waals surface area contributed by atoms with E-state index in [1.165, 1.54) is 6.92 Å². The maximum absolute atomic E-state index is 12.9. The summed E-state index contributed by atoms with van der Waals surface area (Å²) in [5.41, 5.74) is 0.514. The number of rotatable bonds is 13. The zero-order valence-electron chi connectivity index (χ0n) is 23.1. The second-order valence-corrected chi connectivity index (χ2v) is 10.9. The van der Waals surface area contributed by atoms with Crippen LogP contribution in [0.15, 0.2) is 41.7 Å². The summed E-state index contributed by atoms with van der Waals surface area (Å²) in [6.07, 6.45) is -0.00835. The van der Waals surface area contributed by atoms with Crippen LogP contribution in [0.4, 0.5) is 18.9 Å². The summed E-state index contributed by atoms with van der Waals surface area (Å²) in [6.45, 7) is 16.6. The molecule has 8 heteroatoms.